The fourth-order valence-corrected chi connectivity index (χ4v) is 3.55. The van der Waals surface area contributed by atoms with Crippen LogP contribution in [0.5, 0.6) is 0 Å². The lowest BCUT2D eigenvalue weighted by atomic mass is 10.0. The lowest BCUT2D eigenvalue weighted by Gasteiger charge is -2.15. The molecule has 0 saturated carbocycles. The number of amides is 3. The molecular weight excluding hydrogens is 527 g/mol. The van der Waals surface area contributed by atoms with Gasteiger partial charge in [-0.25, -0.2) is 4.72 Å². The van der Waals surface area contributed by atoms with Gasteiger partial charge in [-0.3, -0.25) is 14.4 Å². The van der Waals surface area contributed by atoms with Gasteiger partial charge in [0.05, 0.1) is 6.54 Å². The number of benzene rings is 2. The summed E-state index contributed by atoms with van der Waals surface area (Å²) in [6.45, 7) is 9.48. The van der Waals surface area contributed by atoms with Crippen LogP contribution in [0.1, 0.15) is 33.3 Å². The lowest BCUT2D eigenvalue weighted by Crippen LogP contribution is -2.46. The van der Waals surface area contributed by atoms with Crippen molar-refractivity contribution in [3.05, 3.63) is 48.0 Å². The van der Waals surface area contributed by atoms with E-state index < -0.39 is 6.04 Å². The number of fused-ring (bicyclic) bond motifs is 1. The Balaban J connectivity index is 0.000000512. The van der Waals surface area contributed by atoms with E-state index in [4.69, 9.17) is 0 Å². The Morgan fingerprint density at radius 1 is 1.06 bits per heavy atom. The van der Waals surface area contributed by atoms with Crippen molar-refractivity contribution in [2.45, 2.75) is 40.3 Å². The molecule has 3 amide bonds. The molecule has 1 atom stereocenters. The highest BCUT2D eigenvalue weighted by Crippen LogP contribution is 2.18. The zero-order valence-corrected chi connectivity index (χ0v) is 21.4. The number of carbonyl (C=O) groups excluding carboxylic acids is 3. The summed E-state index contributed by atoms with van der Waals surface area (Å²) in [5.41, 5.74) is 1.05. The first kappa shape index (κ1) is 27.2. The molecule has 2 aromatic carbocycles. The van der Waals surface area contributed by atoms with E-state index in [0.29, 0.717) is 6.54 Å². The molecule has 2 rings (SSSR count). The Bertz CT molecular complexity index is 856. The third-order valence-electron chi connectivity index (χ3n) is 4.60. The summed E-state index contributed by atoms with van der Waals surface area (Å²) < 4.78 is 2.83. The largest absolute Gasteiger partial charge is 0.350 e. The van der Waals surface area contributed by atoms with Crippen LogP contribution in [0.4, 0.5) is 0 Å². The number of rotatable bonds is 9. The molecule has 0 saturated heterocycles. The second kappa shape index (κ2) is 15.0. The molecule has 0 bridgehead atoms. The predicted octanol–water partition coefficient (Wildman–Crippen LogP) is 3.42. The van der Waals surface area contributed by atoms with Crippen LogP contribution in [0.2, 0.25) is 0 Å². The summed E-state index contributed by atoms with van der Waals surface area (Å²) in [6.07, 6.45) is 0. The molecule has 0 aliphatic carbocycles. The van der Waals surface area contributed by atoms with Crippen LogP contribution in [0.3, 0.4) is 0 Å². The van der Waals surface area contributed by atoms with Crippen LogP contribution in [-0.4, -0.2) is 48.3 Å². The normalized spacial score (nSPS) is 11.1. The summed E-state index contributed by atoms with van der Waals surface area (Å²) in [6, 6.07) is 13.5. The monoisotopic (exact) mass is 558 g/mol. The van der Waals surface area contributed by atoms with Crippen LogP contribution in [0.25, 0.3) is 10.8 Å². The first-order chi connectivity index (χ1) is 14.8. The Hall–Kier alpha value is -1.85. The Kier molecular flexibility index (Phi) is 13.2. The Morgan fingerprint density at radius 3 is 2.29 bits per heavy atom. The van der Waals surface area contributed by atoms with E-state index in [1.165, 1.54) is 9.12 Å². The van der Waals surface area contributed by atoms with Crippen LogP contribution >= 0.6 is 30.3 Å². The van der Waals surface area contributed by atoms with Gasteiger partial charge in [0.25, 0.3) is 0 Å². The van der Waals surface area contributed by atoms with E-state index in [1.807, 2.05) is 77.5 Å². The summed E-state index contributed by atoms with van der Waals surface area (Å²) in [5.74, 6) is -0.245. The van der Waals surface area contributed by atoms with Gasteiger partial charge in [-0.15, -0.1) is 0 Å². The fraction of sp³-hybridized carbons (Fsp3) is 0.409. The minimum Gasteiger partial charge on any atom is -0.350 e. The van der Waals surface area contributed by atoms with E-state index in [2.05, 4.69) is 15.4 Å². The van der Waals surface area contributed by atoms with E-state index in [-0.39, 0.29) is 24.3 Å². The minimum absolute atomic E-state index is 0.162. The van der Waals surface area contributed by atoms with Crippen LogP contribution in [0, 0.1) is 0 Å². The van der Waals surface area contributed by atoms with E-state index in [0.717, 1.165) is 29.4 Å². The van der Waals surface area contributed by atoms with Crippen molar-refractivity contribution in [3.8, 4) is 0 Å². The number of nitrogens with zero attached hydrogens (tertiary/aromatic N) is 1. The van der Waals surface area contributed by atoms with Gasteiger partial charge in [0.2, 0.25) is 17.7 Å². The molecule has 2 aromatic rings. The molecule has 7 nitrogen and oxygen atoms in total. The number of hydrogen-bond donors (Lipinski definition) is 3. The summed E-state index contributed by atoms with van der Waals surface area (Å²) in [7, 11) is 1.33. The molecule has 31 heavy (non-hydrogen) atoms. The van der Waals surface area contributed by atoms with Gasteiger partial charge in [-0.1, -0.05) is 42.5 Å². The molecule has 0 heterocycles. The second-order valence-corrected chi connectivity index (χ2v) is 8.50. The van der Waals surface area contributed by atoms with Gasteiger partial charge >= 0.3 is 0 Å². The van der Waals surface area contributed by atoms with Crippen molar-refractivity contribution in [2.75, 3.05) is 19.6 Å². The highest BCUT2D eigenvalue weighted by molar-refractivity contribution is 14.2. The standard InChI is InChI=1S/C16H18IN3O2S.C6H13NO/c1-11(20-15(21)10-19-23-17)16(22)18-9-13-7-4-6-12-5-2-3-8-14(12)13;1-4-7(5-2)6(3)8/h2-8,11,19H,9-10H2,1H3,(H,18,22)(H,20,21);4-5H2,1-3H3. The van der Waals surface area contributed by atoms with Crippen molar-refractivity contribution in [2.24, 2.45) is 0 Å². The highest BCUT2D eigenvalue weighted by atomic mass is 127. The third-order valence-corrected chi connectivity index (χ3v) is 5.79. The van der Waals surface area contributed by atoms with Crippen LogP contribution < -0.4 is 15.4 Å². The van der Waals surface area contributed by atoms with Crippen molar-refractivity contribution in [1.29, 1.82) is 0 Å². The number of carbonyl (C=O) groups is 3. The number of hydrogen-bond acceptors (Lipinski definition) is 5. The summed E-state index contributed by atoms with van der Waals surface area (Å²) in [5, 5.41) is 7.79. The molecule has 0 aliphatic heterocycles. The molecule has 1 unspecified atom stereocenters. The lowest BCUT2D eigenvalue weighted by molar-refractivity contribution is -0.128. The maximum Gasteiger partial charge on any atom is 0.242 e. The van der Waals surface area contributed by atoms with Crippen molar-refractivity contribution in [1.82, 2.24) is 20.3 Å². The molecular formula is C22H31IN4O3S. The van der Waals surface area contributed by atoms with Crippen LogP contribution in [0.15, 0.2) is 42.5 Å². The minimum atomic E-state index is -0.571. The topological polar surface area (TPSA) is 90.5 Å². The van der Waals surface area contributed by atoms with Crippen molar-refractivity contribution < 1.29 is 14.4 Å². The molecule has 170 valence electrons. The number of nitrogens with one attached hydrogen (secondary N) is 3. The zero-order chi connectivity index (χ0) is 23.2. The fourth-order valence-electron chi connectivity index (χ4n) is 2.90. The molecule has 0 fully saturated rings. The molecule has 0 aromatic heterocycles. The Labute approximate surface area is 200 Å². The van der Waals surface area contributed by atoms with E-state index in [9.17, 15) is 14.4 Å². The predicted molar refractivity (Wildman–Crippen MR) is 137 cm³/mol. The van der Waals surface area contributed by atoms with E-state index in [1.54, 1.807) is 18.7 Å². The van der Waals surface area contributed by atoms with Gasteiger partial charge in [-0.05, 0) is 46.2 Å². The molecule has 0 aliphatic rings. The summed E-state index contributed by atoms with van der Waals surface area (Å²) in [4.78, 5) is 36.0. The van der Waals surface area contributed by atoms with Crippen molar-refractivity contribution in [3.63, 3.8) is 0 Å². The maximum absolute atomic E-state index is 12.1. The third kappa shape index (κ3) is 9.88. The average molecular weight is 558 g/mol. The smallest absolute Gasteiger partial charge is 0.242 e. The SMILES string of the molecule is CC(NC(=O)CNSI)C(=O)NCc1cccc2ccccc12.CCN(CC)C(C)=O. The summed E-state index contributed by atoms with van der Waals surface area (Å²) >= 11 is 2.04. The maximum atomic E-state index is 12.1. The van der Waals surface area contributed by atoms with Gasteiger partial charge < -0.3 is 15.5 Å². The van der Waals surface area contributed by atoms with Gasteiger partial charge in [0.1, 0.15) is 6.04 Å². The van der Waals surface area contributed by atoms with Crippen molar-refractivity contribution >= 4 is 58.8 Å². The quantitative estimate of drug-likeness (QED) is 0.324. The van der Waals surface area contributed by atoms with Crippen LogP contribution in [-0.2, 0) is 20.9 Å². The second-order valence-electron chi connectivity index (χ2n) is 6.73. The van der Waals surface area contributed by atoms with Gasteiger partial charge in [0, 0.05) is 47.8 Å². The zero-order valence-electron chi connectivity index (χ0n) is 18.4. The molecule has 0 radical (unpaired) electrons. The first-order valence-electron chi connectivity index (χ1n) is 10.1. The van der Waals surface area contributed by atoms with Gasteiger partial charge in [-0.2, -0.15) is 0 Å². The molecule has 9 heteroatoms. The molecule has 3 N–H and O–H groups in total. The highest BCUT2D eigenvalue weighted by Gasteiger charge is 2.15. The average Bonchev–Trinajstić information content (AvgIpc) is 2.77. The van der Waals surface area contributed by atoms with Gasteiger partial charge in [0.15, 0.2) is 0 Å². The number of halogens is 1. The first-order valence-corrected chi connectivity index (χ1v) is 13.5. The van der Waals surface area contributed by atoms with E-state index >= 15 is 0 Å². The Morgan fingerprint density at radius 2 is 1.71 bits per heavy atom. The molecule has 0 spiro atoms.